The molecule has 0 radical (unpaired) electrons. The number of aliphatic hydroxyl groups is 3. The predicted molar refractivity (Wildman–Crippen MR) is 46.0 cm³/mol. The lowest BCUT2D eigenvalue weighted by Gasteiger charge is -2.33. The summed E-state index contributed by atoms with van der Waals surface area (Å²) in [6, 6.07) is -0.463. The SMILES string of the molecule is N[C@@H]1C(O)CCOC1C[C@H](O)CO. The highest BCUT2D eigenvalue weighted by Gasteiger charge is 2.31. The summed E-state index contributed by atoms with van der Waals surface area (Å²) in [7, 11) is 0. The van der Waals surface area contributed by atoms with Crippen molar-refractivity contribution in [3.05, 3.63) is 0 Å². The van der Waals surface area contributed by atoms with Crippen LogP contribution >= 0.6 is 0 Å². The molecule has 0 amide bonds. The quantitative estimate of drug-likeness (QED) is 0.422. The summed E-state index contributed by atoms with van der Waals surface area (Å²) in [5.41, 5.74) is 5.66. The Bertz CT molecular complexity index is 155. The van der Waals surface area contributed by atoms with Crippen molar-refractivity contribution < 1.29 is 20.1 Å². The molecule has 0 saturated carbocycles. The van der Waals surface area contributed by atoms with E-state index in [1.54, 1.807) is 0 Å². The number of aliphatic hydroxyl groups excluding tert-OH is 3. The number of ether oxygens (including phenoxy) is 1. The first-order valence-corrected chi connectivity index (χ1v) is 4.49. The maximum Gasteiger partial charge on any atom is 0.0796 e. The molecule has 13 heavy (non-hydrogen) atoms. The first-order valence-electron chi connectivity index (χ1n) is 4.49. The van der Waals surface area contributed by atoms with Crippen LogP contribution in [0.25, 0.3) is 0 Å². The van der Waals surface area contributed by atoms with E-state index in [4.69, 9.17) is 20.7 Å². The highest BCUT2D eigenvalue weighted by Crippen LogP contribution is 2.16. The lowest BCUT2D eigenvalue weighted by Crippen LogP contribution is -2.51. The zero-order valence-electron chi connectivity index (χ0n) is 7.47. The average molecular weight is 191 g/mol. The Hall–Kier alpha value is -0.200. The predicted octanol–water partition coefficient (Wildman–Crippen LogP) is -1.79. The molecule has 4 atom stereocenters. The van der Waals surface area contributed by atoms with E-state index in [9.17, 15) is 5.11 Å². The van der Waals surface area contributed by atoms with Gasteiger partial charge in [-0.05, 0) is 6.42 Å². The van der Waals surface area contributed by atoms with E-state index in [0.29, 0.717) is 13.0 Å². The minimum atomic E-state index is -0.818. The molecule has 0 spiro atoms. The van der Waals surface area contributed by atoms with Gasteiger partial charge in [0.1, 0.15) is 0 Å². The maximum atomic E-state index is 9.38. The summed E-state index contributed by atoms with van der Waals surface area (Å²) in [5.74, 6) is 0. The van der Waals surface area contributed by atoms with Gasteiger partial charge in [0.05, 0.1) is 31.0 Å². The van der Waals surface area contributed by atoms with Crippen LogP contribution in [0.15, 0.2) is 0 Å². The Morgan fingerprint density at radius 3 is 2.85 bits per heavy atom. The Morgan fingerprint density at radius 1 is 1.54 bits per heavy atom. The van der Waals surface area contributed by atoms with Gasteiger partial charge in [-0.2, -0.15) is 0 Å². The molecule has 5 N–H and O–H groups in total. The van der Waals surface area contributed by atoms with Crippen LogP contribution in [-0.4, -0.2) is 52.9 Å². The fraction of sp³-hybridized carbons (Fsp3) is 1.00. The normalized spacial score (nSPS) is 37.4. The third-order valence-corrected chi connectivity index (χ3v) is 2.33. The van der Waals surface area contributed by atoms with Crippen LogP contribution < -0.4 is 5.73 Å². The summed E-state index contributed by atoms with van der Waals surface area (Å²) >= 11 is 0. The van der Waals surface area contributed by atoms with Gasteiger partial charge in [0.2, 0.25) is 0 Å². The molecule has 1 aliphatic heterocycles. The van der Waals surface area contributed by atoms with Gasteiger partial charge < -0.3 is 25.8 Å². The van der Waals surface area contributed by atoms with Crippen LogP contribution in [0.2, 0.25) is 0 Å². The lowest BCUT2D eigenvalue weighted by atomic mass is 9.96. The largest absolute Gasteiger partial charge is 0.394 e. The van der Waals surface area contributed by atoms with Crippen molar-refractivity contribution in [3.63, 3.8) is 0 Å². The zero-order chi connectivity index (χ0) is 9.84. The van der Waals surface area contributed by atoms with Gasteiger partial charge in [0, 0.05) is 13.0 Å². The zero-order valence-corrected chi connectivity index (χ0v) is 7.47. The fourth-order valence-corrected chi connectivity index (χ4v) is 1.46. The van der Waals surface area contributed by atoms with Gasteiger partial charge in [-0.1, -0.05) is 0 Å². The van der Waals surface area contributed by atoms with Crippen LogP contribution in [-0.2, 0) is 4.74 Å². The fourth-order valence-electron chi connectivity index (χ4n) is 1.46. The smallest absolute Gasteiger partial charge is 0.0796 e. The van der Waals surface area contributed by atoms with E-state index in [-0.39, 0.29) is 19.1 Å². The lowest BCUT2D eigenvalue weighted by molar-refractivity contribution is -0.0806. The second-order valence-electron chi connectivity index (χ2n) is 3.41. The van der Waals surface area contributed by atoms with Crippen LogP contribution in [0.4, 0.5) is 0 Å². The first kappa shape index (κ1) is 10.9. The molecule has 5 heteroatoms. The first-order chi connectivity index (χ1) is 6.15. The molecule has 0 aromatic heterocycles. The topological polar surface area (TPSA) is 95.9 Å². The number of hydrogen-bond acceptors (Lipinski definition) is 5. The minimum Gasteiger partial charge on any atom is -0.394 e. The standard InChI is InChI=1S/C8H17NO4/c9-8-6(12)1-2-13-7(8)3-5(11)4-10/h5-8,10-12H,1-4,9H2/t5-,6?,7?,8+/m0/s1. The second-order valence-corrected chi connectivity index (χ2v) is 3.41. The Morgan fingerprint density at radius 2 is 2.23 bits per heavy atom. The minimum absolute atomic E-state index is 0.273. The van der Waals surface area contributed by atoms with Crippen molar-refractivity contribution in [3.8, 4) is 0 Å². The maximum absolute atomic E-state index is 9.38. The van der Waals surface area contributed by atoms with E-state index < -0.39 is 18.2 Å². The highest BCUT2D eigenvalue weighted by atomic mass is 16.5. The van der Waals surface area contributed by atoms with Crippen LogP contribution in [0.1, 0.15) is 12.8 Å². The van der Waals surface area contributed by atoms with Gasteiger partial charge in [-0.25, -0.2) is 0 Å². The van der Waals surface area contributed by atoms with E-state index >= 15 is 0 Å². The molecular weight excluding hydrogens is 174 g/mol. The van der Waals surface area contributed by atoms with Gasteiger partial charge in [-0.3, -0.25) is 0 Å². The Labute approximate surface area is 77.1 Å². The molecule has 78 valence electrons. The van der Waals surface area contributed by atoms with Crippen LogP contribution in [0, 0.1) is 0 Å². The van der Waals surface area contributed by atoms with Crippen molar-refractivity contribution in [1.29, 1.82) is 0 Å². The molecule has 1 aliphatic rings. The van der Waals surface area contributed by atoms with Crippen LogP contribution in [0.3, 0.4) is 0 Å². The highest BCUT2D eigenvalue weighted by molar-refractivity contribution is 4.85. The van der Waals surface area contributed by atoms with Crippen molar-refractivity contribution in [2.45, 2.75) is 37.2 Å². The molecule has 0 aromatic carbocycles. The summed E-state index contributed by atoms with van der Waals surface area (Å²) in [6.45, 7) is 0.153. The number of rotatable bonds is 3. The molecule has 1 fully saturated rings. The van der Waals surface area contributed by atoms with Crippen molar-refractivity contribution in [1.82, 2.24) is 0 Å². The average Bonchev–Trinajstić information content (AvgIpc) is 2.13. The van der Waals surface area contributed by atoms with Gasteiger partial charge in [-0.15, -0.1) is 0 Å². The Balaban J connectivity index is 2.39. The third-order valence-electron chi connectivity index (χ3n) is 2.33. The van der Waals surface area contributed by atoms with Crippen molar-refractivity contribution in [2.75, 3.05) is 13.2 Å². The van der Waals surface area contributed by atoms with Gasteiger partial charge in [0.15, 0.2) is 0 Å². The summed E-state index contributed by atoms with van der Waals surface area (Å²) in [6.07, 6.45) is -0.932. The Kier molecular flexibility index (Phi) is 4.08. The van der Waals surface area contributed by atoms with E-state index in [0.717, 1.165) is 0 Å². The summed E-state index contributed by atoms with van der Waals surface area (Å²) < 4.78 is 5.28. The summed E-state index contributed by atoms with van der Waals surface area (Å²) in [5, 5.41) is 27.1. The second kappa shape index (κ2) is 4.88. The number of hydrogen-bond donors (Lipinski definition) is 4. The molecular formula is C8H17NO4. The molecule has 0 bridgehead atoms. The number of nitrogens with two attached hydrogens (primary N) is 1. The van der Waals surface area contributed by atoms with Gasteiger partial charge >= 0.3 is 0 Å². The van der Waals surface area contributed by atoms with E-state index in [1.165, 1.54) is 0 Å². The molecule has 0 aliphatic carbocycles. The monoisotopic (exact) mass is 191 g/mol. The summed E-state index contributed by atoms with van der Waals surface area (Å²) in [4.78, 5) is 0. The molecule has 0 aromatic rings. The van der Waals surface area contributed by atoms with Crippen LogP contribution in [0.5, 0.6) is 0 Å². The molecule has 1 heterocycles. The van der Waals surface area contributed by atoms with E-state index in [2.05, 4.69) is 0 Å². The van der Waals surface area contributed by atoms with Crippen molar-refractivity contribution in [2.24, 2.45) is 5.73 Å². The van der Waals surface area contributed by atoms with Gasteiger partial charge in [0.25, 0.3) is 0 Å². The van der Waals surface area contributed by atoms with Crippen molar-refractivity contribution >= 4 is 0 Å². The molecule has 1 saturated heterocycles. The van der Waals surface area contributed by atoms with E-state index in [1.807, 2.05) is 0 Å². The molecule has 2 unspecified atom stereocenters. The molecule has 5 nitrogen and oxygen atoms in total. The molecule has 1 rings (SSSR count). The third kappa shape index (κ3) is 2.89.